The summed E-state index contributed by atoms with van der Waals surface area (Å²) in [5.74, 6) is -0.0750. The average Bonchev–Trinajstić information content (AvgIpc) is 3.21. The third-order valence-corrected chi connectivity index (χ3v) is 5.59. The maximum Gasteiger partial charge on any atom is 0.315 e. The lowest BCUT2D eigenvalue weighted by molar-refractivity contribution is 0.240. The van der Waals surface area contributed by atoms with Crippen molar-refractivity contribution in [3.05, 3.63) is 83.7 Å². The zero-order chi connectivity index (χ0) is 20.7. The maximum absolute atomic E-state index is 12.0. The van der Waals surface area contributed by atoms with Crippen LogP contribution in [0.3, 0.4) is 0 Å². The zero-order valence-electron chi connectivity index (χ0n) is 16.0. The lowest BCUT2D eigenvalue weighted by atomic mass is 10.1. The summed E-state index contributed by atoms with van der Waals surface area (Å²) >= 11 is 0. The number of carbonyl (C=O) groups is 1. The van der Waals surface area contributed by atoms with Crippen molar-refractivity contribution in [3.8, 4) is 5.69 Å². The standard InChI is InChI=1S/C20H23N5O3S/c1-21-29(27,28)15-17-9-7-16(8-10-17)11-22-20(26)23-12-18-13-24-25(14-18)19-5-3-2-4-6-19/h2-10,13-14,21H,11-12,15H2,1H3,(H2,22,23,26). The summed E-state index contributed by atoms with van der Waals surface area (Å²) < 4.78 is 27.2. The topological polar surface area (TPSA) is 105 Å². The van der Waals surface area contributed by atoms with E-state index in [-0.39, 0.29) is 11.8 Å². The first-order valence-electron chi connectivity index (χ1n) is 9.05. The maximum atomic E-state index is 12.0. The van der Waals surface area contributed by atoms with Gasteiger partial charge in [-0.2, -0.15) is 5.10 Å². The van der Waals surface area contributed by atoms with Crippen LogP contribution in [0.15, 0.2) is 67.0 Å². The monoisotopic (exact) mass is 413 g/mol. The van der Waals surface area contributed by atoms with E-state index in [1.807, 2.05) is 36.5 Å². The molecular weight excluding hydrogens is 390 g/mol. The minimum absolute atomic E-state index is 0.0750. The number of aromatic nitrogens is 2. The van der Waals surface area contributed by atoms with Crippen LogP contribution in [0.1, 0.15) is 16.7 Å². The highest BCUT2D eigenvalue weighted by molar-refractivity contribution is 7.88. The summed E-state index contributed by atoms with van der Waals surface area (Å²) in [5.41, 5.74) is 3.40. The van der Waals surface area contributed by atoms with Gasteiger partial charge in [0.15, 0.2) is 0 Å². The number of amides is 2. The Morgan fingerprint density at radius 2 is 1.55 bits per heavy atom. The summed E-state index contributed by atoms with van der Waals surface area (Å²) in [4.78, 5) is 12.0. The predicted octanol–water partition coefficient (Wildman–Crippen LogP) is 1.92. The molecule has 0 saturated carbocycles. The molecule has 1 aromatic heterocycles. The molecule has 0 atom stereocenters. The van der Waals surface area contributed by atoms with E-state index in [0.717, 1.165) is 16.8 Å². The number of urea groups is 1. The summed E-state index contributed by atoms with van der Waals surface area (Å²) in [6.07, 6.45) is 3.58. The summed E-state index contributed by atoms with van der Waals surface area (Å²) in [6.45, 7) is 0.702. The number of carbonyl (C=O) groups excluding carboxylic acids is 1. The lowest BCUT2D eigenvalue weighted by Gasteiger charge is -2.08. The Hall–Kier alpha value is -3.17. The quantitative estimate of drug-likeness (QED) is 0.525. The highest BCUT2D eigenvalue weighted by Crippen LogP contribution is 2.09. The molecule has 0 spiro atoms. The second kappa shape index (κ2) is 9.35. The van der Waals surface area contributed by atoms with Crippen molar-refractivity contribution in [1.29, 1.82) is 0 Å². The van der Waals surface area contributed by atoms with E-state index in [1.54, 1.807) is 35.1 Å². The Labute approximate surface area is 170 Å². The van der Waals surface area contributed by atoms with E-state index in [1.165, 1.54) is 7.05 Å². The van der Waals surface area contributed by atoms with Crippen molar-refractivity contribution in [2.75, 3.05) is 7.05 Å². The van der Waals surface area contributed by atoms with Crippen molar-refractivity contribution in [2.24, 2.45) is 0 Å². The van der Waals surface area contributed by atoms with Crippen molar-refractivity contribution >= 4 is 16.1 Å². The smallest absolute Gasteiger partial charge is 0.315 e. The highest BCUT2D eigenvalue weighted by atomic mass is 32.2. The van der Waals surface area contributed by atoms with E-state index in [2.05, 4.69) is 20.5 Å². The van der Waals surface area contributed by atoms with Gasteiger partial charge in [-0.15, -0.1) is 0 Å². The Kier molecular flexibility index (Phi) is 6.63. The Balaban J connectivity index is 1.45. The molecule has 3 aromatic rings. The summed E-state index contributed by atoms with van der Waals surface area (Å²) in [6, 6.07) is 16.5. The third kappa shape index (κ3) is 6.16. The van der Waals surface area contributed by atoms with Gasteiger partial charge >= 0.3 is 6.03 Å². The van der Waals surface area contributed by atoms with Gasteiger partial charge in [-0.1, -0.05) is 42.5 Å². The van der Waals surface area contributed by atoms with Crippen LogP contribution in [0.2, 0.25) is 0 Å². The molecule has 3 rings (SSSR count). The molecule has 0 aliphatic carbocycles. The highest BCUT2D eigenvalue weighted by Gasteiger charge is 2.08. The van der Waals surface area contributed by atoms with Crippen LogP contribution in [-0.4, -0.2) is 31.3 Å². The van der Waals surface area contributed by atoms with Gasteiger partial charge in [0.05, 0.1) is 17.6 Å². The Morgan fingerprint density at radius 3 is 2.21 bits per heavy atom. The van der Waals surface area contributed by atoms with Crippen LogP contribution in [0.5, 0.6) is 0 Å². The van der Waals surface area contributed by atoms with E-state index in [0.29, 0.717) is 18.7 Å². The number of hydrogen-bond donors (Lipinski definition) is 3. The number of rotatable bonds is 8. The molecule has 0 fully saturated rings. The lowest BCUT2D eigenvalue weighted by Crippen LogP contribution is -2.34. The Bertz CT molecular complexity index is 1050. The molecule has 1 heterocycles. The van der Waals surface area contributed by atoms with Crippen molar-refractivity contribution in [1.82, 2.24) is 25.1 Å². The molecule has 0 aliphatic heterocycles. The van der Waals surface area contributed by atoms with Crippen LogP contribution in [0.4, 0.5) is 4.79 Å². The van der Waals surface area contributed by atoms with Crippen LogP contribution < -0.4 is 15.4 Å². The van der Waals surface area contributed by atoms with Crippen molar-refractivity contribution < 1.29 is 13.2 Å². The number of para-hydroxylation sites is 1. The van der Waals surface area contributed by atoms with Crippen LogP contribution in [0.25, 0.3) is 5.69 Å². The van der Waals surface area contributed by atoms with E-state index >= 15 is 0 Å². The molecule has 29 heavy (non-hydrogen) atoms. The van der Waals surface area contributed by atoms with Gasteiger partial charge in [-0.25, -0.2) is 22.6 Å². The van der Waals surface area contributed by atoms with Crippen LogP contribution in [-0.2, 0) is 28.9 Å². The normalized spacial score (nSPS) is 11.2. The molecule has 152 valence electrons. The van der Waals surface area contributed by atoms with Gasteiger partial charge < -0.3 is 10.6 Å². The third-order valence-electron chi connectivity index (χ3n) is 4.25. The molecule has 0 radical (unpaired) electrons. The first kappa shape index (κ1) is 20.6. The number of nitrogens with zero attached hydrogens (tertiary/aromatic N) is 2. The zero-order valence-corrected chi connectivity index (χ0v) is 16.8. The molecule has 8 nitrogen and oxygen atoms in total. The minimum atomic E-state index is -3.30. The molecule has 0 bridgehead atoms. The van der Waals surface area contributed by atoms with E-state index in [4.69, 9.17) is 0 Å². The largest absolute Gasteiger partial charge is 0.334 e. The van der Waals surface area contributed by atoms with Crippen molar-refractivity contribution in [3.63, 3.8) is 0 Å². The van der Waals surface area contributed by atoms with Crippen molar-refractivity contribution in [2.45, 2.75) is 18.8 Å². The molecule has 0 unspecified atom stereocenters. The number of sulfonamides is 1. The fourth-order valence-electron chi connectivity index (χ4n) is 2.65. The molecule has 2 amide bonds. The van der Waals surface area contributed by atoms with Crippen LogP contribution >= 0.6 is 0 Å². The first-order valence-corrected chi connectivity index (χ1v) is 10.7. The molecule has 3 N–H and O–H groups in total. The fourth-order valence-corrected chi connectivity index (χ4v) is 3.42. The second-order valence-electron chi connectivity index (χ2n) is 6.44. The number of nitrogens with one attached hydrogen (secondary N) is 3. The van der Waals surface area contributed by atoms with E-state index in [9.17, 15) is 13.2 Å². The van der Waals surface area contributed by atoms with Gasteiger partial charge in [-0.3, -0.25) is 0 Å². The summed E-state index contributed by atoms with van der Waals surface area (Å²) in [7, 11) is -1.91. The summed E-state index contributed by atoms with van der Waals surface area (Å²) in [5, 5.41) is 9.87. The first-order chi connectivity index (χ1) is 13.9. The molecule has 9 heteroatoms. The predicted molar refractivity (Wildman–Crippen MR) is 111 cm³/mol. The Morgan fingerprint density at radius 1 is 0.931 bits per heavy atom. The van der Waals surface area contributed by atoms with Gasteiger partial charge in [0.25, 0.3) is 0 Å². The SMILES string of the molecule is CNS(=O)(=O)Cc1ccc(CNC(=O)NCc2cnn(-c3ccccc3)c2)cc1. The molecule has 2 aromatic carbocycles. The van der Waals surface area contributed by atoms with Gasteiger partial charge in [0, 0.05) is 24.8 Å². The van der Waals surface area contributed by atoms with Gasteiger partial charge in [0.1, 0.15) is 0 Å². The molecule has 0 aliphatic rings. The second-order valence-corrected chi connectivity index (χ2v) is 8.37. The average molecular weight is 414 g/mol. The van der Waals surface area contributed by atoms with Gasteiger partial charge in [0.2, 0.25) is 10.0 Å². The van der Waals surface area contributed by atoms with E-state index < -0.39 is 10.0 Å². The minimum Gasteiger partial charge on any atom is -0.334 e. The number of benzene rings is 2. The van der Waals surface area contributed by atoms with Gasteiger partial charge in [-0.05, 0) is 30.3 Å². The molecule has 0 saturated heterocycles. The van der Waals surface area contributed by atoms with Crippen LogP contribution in [0, 0.1) is 0 Å². The molecular formula is C20H23N5O3S. The fraction of sp³-hybridized carbons (Fsp3) is 0.200. The number of hydrogen-bond acceptors (Lipinski definition) is 4.